The summed E-state index contributed by atoms with van der Waals surface area (Å²) >= 11 is 0. The van der Waals surface area contributed by atoms with Crippen molar-refractivity contribution in [2.24, 2.45) is 0 Å². The van der Waals surface area contributed by atoms with Crippen LogP contribution in [-0.2, 0) is 28.4 Å². The van der Waals surface area contributed by atoms with E-state index >= 15 is 9.59 Å². The van der Waals surface area contributed by atoms with Gasteiger partial charge in [0.1, 0.15) is 23.7 Å². The molecule has 7 rings (SSSR count). The number of benzene rings is 3. The number of carbonyl (C=O) groups excluding carboxylic acids is 2. The average molecular weight is 983 g/mol. The molecule has 390 valence electrons. The standard InChI is InChI=1S/C57H82N4O10/c1-8-15-26-64-36-39(37-65-27-16-9-2)59-61-56(62)51-49-42-24-22-40(67-29-18-11-4)33-44(42)58-53(49)54-50(52(51)57(61)63)43-25-23-41(68-30-19-12-5)34-45(43)60(54)48-35-46(69-31-20-13-6)55(70-32-21-14-7)47(71-48)38-66-28-17-10-3/h22-25,33-35,39,46-47,55,58-59H,8-21,26-32,36-38H2,1-7H3. The van der Waals surface area contributed by atoms with Gasteiger partial charge >= 0.3 is 0 Å². The number of nitrogens with zero attached hydrogens (tertiary/aromatic N) is 2. The van der Waals surface area contributed by atoms with Gasteiger partial charge in [-0.3, -0.25) is 14.2 Å². The minimum absolute atomic E-state index is 0.262. The van der Waals surface area contributed by atoms with E-state index in [-0.39, 0.29) is 13.2 Å². The first kappa shape index (κ1) is 54.1. The minimum Gasteiger partial charge on any atom is -0.494 e. The molecule has 0 saturated heterocycles. The van der Waals surface area contributed by atoms with Gasteiger partial charge in [-0.1, -0.05) is 93.4 Å². The number of carbonyl (C=O) groups is 2. The monoisotopic (exact) mass is 983 g/mol. The van der Waals surface area contributed by atoms with Crippen molar-refractivity contribution in [3.8, 4) is 11.5 Å². The molecular weight excluding hydrogens is 901 g/mol. The topological polar surface area (TPSA) is 144 Å². The Kier molecular flexibility index (Phi) is 20.9. The van der Waals surface area contributed by atoms with Gasteiger partial charge in [0.25, 0.3) is 11.8 Å². The lowest BCUT2D eigenvalue weighted by molar-refractivity contribution is -0.135. The third-order valence-corrected chi connectivity index (χ3v) is 13.3. The molecule has 4 heterocycles. The summed E-state index contributed by atoms with van der Waals surface area (Å²) in [6.45, 7) is 19.7. The number of hydrogen-bond acceptors (Lipinski definition) is 11. The van der Waals surface area contributed by atoms with Crippen LogP contribution in [0.1, 0.15) is 159 Å². The summed E-state index contributed by atoms with van der Waals surface area (Å²) in [5.74, 6) is 1.01. The number of unbranched alkanes of at least 4 members (excludes halogenated alkanes) is 7. The Morgan fingerprint density at radius 2 is 1.15 bits per heavy atom. The van der Waals surface area contributed by atoms with E-state index in [9.17, 15) is 0 Å². The molecule has 3 aromatic carbocycles. The Morgan fingerprint density at radius 3 is 1.77 bits per heavy atom. The third-order valence-electron chi connectivity index (χ3n) is 13.3. The number of fused-ring (bicyclic) bond motifs is 10. The molecule has 3 unspecified atom stereocenters. The normalized spacial score (nSPS) is 17.2. The van der Waals surface area contributed by atoms with E-state index < -0.39 is 36.2 Å². The number of hydrogen-bond donors (Lipinski definition) is 2. The number of aromatic amines is 1. The van der Waals surface area contributed by atoms with Crippen LogP contribution in [0.15, 0.2) is 42.5 Å². The molecule has 2 aliphatic rings. The first-order valence-electron chi connectivity index (χ1n) is 27.2. The van der Waals surface area contributed by atoms with E-state index in [4.69, 9.17) is 37.9 Å². The van der Waals surface area contributed by atoms with E-state index in [0.29, 0.717) is 103 Å². The van der Waals surface area contributed by atoms with Crippen LogP contribution in [0.2, 0.25) is 0 Å². The predicted molar refractivity (Wildman–Crippen MR) is 283 cm³/mol. The van der Waals surface area contributed by atoms with Crippen molar-refractivity contribution in [2.45, 2.75) is 163 Å². The van der Waals surface area contributed by atoms with Crippen molar-refractivity contribution >= 4 is 61.3 Å². The van der Waals surface area contributed by atoms with Gasteiger partial charge in [0.2, 0.25) is 0 Å². The summed E-state index contributed by atoms with van der Waals surface area (Å²) < 4.78 is 53.9. The second-order valence-corrected chi connectivity index (χ2v) is 19.1. The summed E-state index contributed by atoms with van der Waals surface area (Å²) in [6, 6.07) is 11.4. The first-order chi connectivity index (χ1) is 34.8. The maximum Gasteiger partial charge on any atom is 0.276 e. The molecule has 0 bridgehead atoms. The first-order valence-corrected chi connectivity index (χ1v) is 27.2. The molecule has 71 heavy (non-hydrogen) atoms. The van der Waals surface area contributed by atoms with E-state index in [1.165, 1.54) is 5.01 Å². The zero-order valence-corrected chi connectivity index (χ0v) is 43.8. The van der Waals surface area contributed by atoms with Crippen LogP contribution >= 0.6 is 0 Å². The summed E-state index contributed by atoms with van der Waals surface area (Å²) in [4.78, 5) is 34.5. The van der Waals surface area contributed by atoms with Gasteiger partial charge in [-0.15, -0.1) is 0 Å². The highest BCUT2D eigenvalue weighted by molar-refractivity contribution is 6.39. The highest BCUT2D eigenvalue weighted by atomic mass is 16.6. The van der Waals surface area contributed by atoms with Gasteiger partial charge in [0, 0.05) is 72.8 Å². The van der Waals surface area contributed by atoms with Crippen LogP contribution in [0.5, 0.6) is 11.5 Å². The lowest BCUT2D eigenvalue weighted by Gasteiger charge is -2.37. The fraction of sp³-hybridized carbons (Fsp3) is 0.614. The van der Waals surface area contributed by atoms with Crippen molar-refractivity contribution in [3.05, 3.63) is 53.6 Å². The van der Waals surface area contributed by atoms with Gasteiger partial charge in [0.15, 0.2) is 12.0 Å². The van der Waals surface area contributed by atoms with Crippen molar-refractivity contribution in [1.82, 2.24) is 20.0 Å². The van der Waals surface area contributed by atoms with Crippen LogP contribution in [0.25, 0.3) is 49.5 Å². The molecule has 5 aromatic rings. The molecular formula is C57H82N4O10. The largest absolute Gasteiger partial charge is 0.494 e. The van der Waals surface area contributed by atoms with Crippen LogP contribution in [-0.4, -0.2) is 117 Å². The van der Waals surface area contributed by atoms with E-state index in [1.54, 1.807) is 0 Å². The predicted octanol–water partition coefficient (Wildman–Crippen LogP) is 12.3. The number of rotatable bonds is 34. The average Bonchev–Trinajstić information content (AvgIpc) is 4.00. The lowest BCUT2D eigenvalue weighted by Crippen LogP contribution is -2.51. The Labute approximate surface area is 421 Å². The van der Waals surface area contributed by atoms with E-state index in [0.717, 1.165) is 112 Å². The Balaban J connectivity index is 1.49. The van der Waals surface area contributed by atoms with Gasteiger partial charge in [-0.25, -0.2) is 10.4 Å². The summed E-state index contributed by atoms with van der Waals surface area (Å²) in [7, 11) is 0. The fourth-order valence-electron chi connectivity index (χ4n) is 9.29. The molecule has 3 atom stereocenters. The molecule has 2 aromatic heterocycles. The number of ether oxygens (including phenoxy) is 8. The SMILES string of the molecule is CCCCOCC(COCCCC)NN1C(=O)c2c(c3c4ccc(OCCCC)cc4n(C4=CC(OCCCC)C(OCCCC)C(COCCCC)O4)c3c3[nH]c4cc(OCCCC)ccc4c23)C1=O. The van der Waals surface area contributed by atoms with Crippen LogP contribution in [0.4, 0.5) is 0 Å². The zero-order valence-electron chi connectivity index (χ0n) is 43.8. The highest BCUT2D eigenvalue weighted by Gasteiger charge is 2.44. The van der Waals surface area contributed by atoms with Crippen molar-refractivity contribution in [3.63, 3.8) is 0 Å². The van der Waals surface area contributed by atoms with E-state index in [2.05, 4.69) is 63.4 Å². The molecule has 14 nitrogen and oxygen atoms in total. The molecule has 0 saturated carbocycles. The van der Waals surface area contributed by atoms with Crippen molar-refractivity contribution in [2.75, 3.05) is 66.1 Å². The second-order valence-electron chi connectivity index (χ2n) is 19.1. The Morgan fingerprint density at radius 1 is 0.620 bits per heavy atom. The molecule has 0 spiro atoms. The summed E-state index contributed by atoms with van der Waals surface area (Å²) in [5, 5.41) is 3.99. The lowest BCUT2D eigenvalue weighted by atomic mass is 9.96. The van der Waals surface area contributed by atoms with Crippen LogP contribution in [0, 0.1) is 0 Å². The van der Waals surface area contributed by atoms with Crippen LogP contribution < -0.4 is 14.9 Å². The summed E-state index contributed by atoms with van der Waals surface area (Å²) in [6.07, 6.45) is 13.9. The van der Waals surface area contributed by atoms with Gasteiger partial charge < -0.3 is 42.9 Å². The minimum atomic E-state index is -0.527. The number of imide groups is 1. The molecule has 0 aliphatic carbocycles. The molecule has 0 radical (unpaired) electrons. The Bertz CT molecular complexity index is 2520. The number of aromatic nitrogens is 2. The smallest absolute Gasteiger partial charge is 0.276 e. The number of amides is 2. The van der Waals surface area contributed by atoms with E-state index in [1.807, 2.05) is 42.5 Å². The van der Waals surface area contributed by atoms with Crippen molar-refractivity contribution in [1.29, 1.82) is 0 Å². The number of hydrazine groups is 1. The fourth-order valence-corrected chi connectivity index (χ4v) is 9.29. The molecule has 2 N–H and O–H groups in total. The third kappa shape index (κ3) is 12.7. The highest BCUT2D eigenvalue weighted by Crippen LogP contribution is 2.47. The maximum atomic E-state index is 15.5. The van der Waals surface area contributed by atoms with Gasteiger partial charge in [-0.05, 0) is 69.2 Å². The molecule has 2 aliphatic heterocycles. The second kappa shape index (κ2) is 27.4. The maximum absolute atomic E-state index is 15.5. The Hall–Kier alpha value is -4.70. The number of H-pyrrole nitrogens is 1. The van der Waals surface area contributed by atoms with Gasteiger partial charge in [-0.2, -0.15) is 0 Å². The van der Waals surface area contributed by atoms with Crippen LogP contribution in [0.3, 0.4) is 0 Å². The van der Waals surface area contributed by atoms with Crippen molar-refractivity contribution < 1.29 is 47.5 Å². The molecule has 0 fully saturated rings. The molecule has 2 amide bonds. The summed E-state index contributed by atoms with van der Waals surface area (Å²) in [5.41, 5.74) is 6.83. The molecule has 14 heteroatoms. The zero-order chi connectivity index (χ0) is 50.1. The van der Waals surface area contributed by atoms with Gasteiger partial charge in [0.05, 0.1) is 72.3 Å². The number of nitrogens with one attached hydrogen (secondary N) is 2. The quantitative estimate of drug-likeness (QED) is 0.0300.